The number of hydrogen-bond acceptors (Lipinski definition) is 6. The third-order valence-electron chi connectivity index (χ3n) is 5.53. The summed E-state index contributed by atoms with van der Waals surface area (Å²) in [6, 6.07) is 5.96. The van der Waals surface area contributed by atoms with Gasteiger partial charge in [0.1, 0.15) is 11.3 Å². The Labute approximate surface area is 161 Å². The molecule has 0 spiro atoms. The lowest BCUT2D eigenvalue weighted by Gasteiger charge is -2.27. The fourth-order valence-corrected chi connectivity index (χ4v) is 4.11. The Morgan fingerprint density at radius 1 is 1.18 bits per heavy atom. The van der Waals surface area contributed by atoms with Crippen LogP contribution in [0.4, 0.5) is 0 Å². The molecule has 1 aliphatic carbocycles. The lowest BCUT2D eigenvalue weighted by Crippen LogP contribution is -2.22. The van der Waals surface area contributed by atoms with Crippen LogP contribution in [0.15, 0.2) is 30.7 Å². The molecular weight excluding hydrogens is 354 g/mol. The number of hydrogen-bond donors (Lipinski definition) is 1. The van der Waals surface area contributed by atoms with Crippen LogP contribution in [0.2, 0.25) is 0 Å². The van der Waals surface area contributed by atoms with Crippen molar-refractivity contribution >= 4 is 16.7 Å². The van der Waals surface area contributed by atoms with Crippen LogP contribution in [-0.2, 0) is 0 Å². The Morgan fingerprint density at radius 3 is 2.79 bits per heavy atom. The molecule has 0 saturated heterocycles. The summed E-state index contributed by atoms with van der Waals surface area (Å²) in [7, 11) is 0. The molecule has 1 saturated carbocycles. The van der Waals surface area contributed by atoms with Gasteiger partial charge in [0.2, 0.25) is 0 Å². The summed E-state index contributed by atoms with van der Waals surface area (Å²) in [6.45, 7) is 1.99. The number of pyridine rings is 1. The summed E-state index contributed by atoms with van der Waals surface area (Å²) >= 11 is 0. The molecule has 1 fully saturated rings. The van der Waals surface area contributed by atoms with Crippen molar-refractivity contribution in [3.8, 4) is 17.5 Å². The van der Waals surface area contributed by atoms with E-state index in [9.17, 15) is 10.4 Å². The van der Waals surface area contributed by atoms with Crippen LogP contribution >= 0.6 is 0 Å². The second-order valence-corrected chi connectivity index (χ2v) is 7.31. The number of aryl methyl sites for hydroxylation is 1. The van der Waals surface area contributed by atoms with Gasteiger partial charge in [-0.2, -0.15) is 10.4 Å². The molecular formula is C20H19N7O. The highest BCUT2D eigenvalue weighted by molar-refractivity contribution is 5.80. The zero-order valence-electron chi connectivity index (χ0n) is 15.4. The second-order valence-electron chi connectivity index (χ2n) is 7.31. The van der Waals surface area contributed by atoms with Crippen molar-refractivity contribution < 1.29 is 5.11 Å². The third kappa shape index (κ3) is 2.63. The van der Waals surface area contributed by atoms with Crippen molar-refractivity contribution in [1.29, 1.82) is 5.26 Å². The first-order valence-electron chi connectivity index (χ1n) is 9.41. The Bertz CT molecular complexity index is 1220. The molecule has 5 rings (SSSR count). The molecule has 0 aliphatic heterocycles. The van der Waals surface area contributed by atoms with Crippen LogP contribution in [-0.4, -0.2) is 40.3 Å². The fraction of sp³-hybridized carbons (Fsp3) is 0.350. The SMILES string of the molecule is Cc1nc2cnc(-c3cnn4ccc(C#N)cc34)nc2n1[C@H]1CC[C@H](O)CC1. The van der Waals surface area contributed by atoms with Gasteiger partial charge in [-0.25, -0.2) is 19.5 Å². The summed E-state index contributed by atoms with van der Waals surface area (Å²) in [5.74, 6) is 1.48. The van der Waals surface area contributed by atoms with E-state index in [2.05, 4.69) is 25.7 Å². The average molecular weight is 373 g/mol. The van der Waals surface area contributed by atoms with Crippen molar-refractivity contribution in [2.24, 2.45) is 0 Å². The van der Waals surface area contributed by atoms with Crippen LogP contribution < -0.4 is 0 Å². The minimum absolute atomic E-state index is 0.204. The minimum atomic E-state index is -0.204. The van der Waals surface area contributed by atoms with Crippen LogP contribution in [0.1, 0.15) is 43.1 Å². The molecule has 1 aliphatic rings. The molecule has 0 unspecified atom stereocenters. The number of nitriles is 1. The van der Waals surface area contributed by atoms with Crippen molar-refractivity contribution in [3.05, 3.63) is 42.1 Å². The first kappa shape index (κ1) is 16.8. The number of nitrogens with zero attached hydrogens (tertiary/aromatic N) is 7. The maximum absolute atomic E-state index is 9.84. The molecule has 4 aromatic heterocycles. The summed E-state index contributed by atoms with van der Waals surface area (Å²) in [5, 5.41) is 23.4. The van der Waals surface area contributed by atoms with E-state index in [1.165, 1.54) is 0 Å². The first-order chi connectivity index (χ1) is 13.6. The van der Waals surface area contributed by atoms with Crippen molar-refractivity contribution in [2.45, 2.75) is 44.8 Å². The number of aliphatic hydroxyl groups is 1. The smallest absolute Gasteiger partial charge is 0.165 e. The molecule has 4 aromatic rings. The Hall–Kier alpha value is -3.31. The summed E-state index contributed by atoms with van der Waals surface area (Å²) < 4.78 is 3.90. The standard InChI is InChI=1S/C20H19N7O/c1-12-24-17-11-22-19(16-10-23-26-7-6-13(9-21)8-18(16)26)25-20(17)27(12)14-2-4-15(28)5-3-14/h6-8,10-11,14-15,28H,2-5H2,1H3/t14-,15-. The molecule has 0 bridgehead atoms. The number of aliphatic hydroxyl groups excluding tert-OH is 1. The molecule has 8 heteroatoms. The van der Waals surface area contributed by atoms with E-state index in [0.717, 1.165) is 53.8 Å². The Morgan fingerprint density at radius 2 is 2.00 bits per heavy atom. The molecule has 0 atom stereocenters. The normalized spacial score (nSPS) is 19.9. The van der Waals surface area contributed by atoms with Gasteiger partial charge < -0.3 is 9.67 Å². The van der Waals surface area contributed by atoms with Crippen LogP contribution in [0.3, 0.4) is 0 Å². The van der Waals surface area contributed by atoms with E-state index in [1.54, 1.807) is 35.2 Å². The minimum Gasteiger partial charge on any atom is -0.393 e. The molecule has 0 radical (unpaired) electrons. The highest BCUT2D eigenvalue weighted by Crippen LogP contribution is 2.32. The quantitative estimate of drug-likeness (QED) is 0.579. The van der Waals surface area contributed by atoms with Gasteiger partial charge in [-0.3, -0.25) is 0 Å². The summed E-state index contributed by atoms with van der Waals surface area (Å²) in [6.07, 6.45) is 8.45. The molecule has 28 heavy (non-hydrogen) atoms. The van der Waals surface area contributed by atoms with E-state index < -0.39 is 0 Å². The maximum atomic E-state index is 9.84. The van der Waals surface area contributed by atoms with Crippen LogP contribution in [0.5, 0.6) is 0 Å². The predicted molar refractivity (Wildman–Crippen MR) is 102 cm³/mol. The highest BCUT2D eigenvalue weighted by Gasteiger charge is 2.25. The van der Waals surface area contributed by atoms with Gasteiger partial charge in [-0.1, -0.05) is 0 Å². The van der Waals surface area contributed by atoms with Gasteiger partial charge in [0, 0.05) is 12.2 Å². The Balaban J connectivity index is 1.64. The molecule has 0 amide bonds. The van der Waals surface area contributed by atoms with E-state index in [1.807, 2.05) is 6.92 Å². The fourth-order valence-electron chi connectivity index (χ4n) is 4.11. The van der Waals surface area contributed by atoms with E-state index in [0.29, 0.717) is 11.4 Å². The van der Waals surface area contributed by atoms with Gasteiger partial charge in [0.15, 0.2) is 11.5 Å². The maximum Gasteiger partial charge on any atom is 0.165 e. The van der Waals surface area contributed by atoms with Crippen LogP contribution in [0.25, 0.3) is 28.1 Å². The molecule has 0 aromatic carbocycles. The van der Waals surface area contributed by atoms with E-state index in [-0.39, 0.29) is 12.1 Å². The Kier molecular flexibility index (Phi) is 3.84. The zero-order valence-corrected chi connectivity index (χ0v) is 15.4. The van der Waals surface area contributed by atoms with Gasteiger partial charge >= 0.3 is 0 Å². The van der Waals surface area contributed by atoms with Crippen LogP contribution in [0, 0.1) is 18.3 Å². The molecule has 140 valence electrons. The second kappa shape index (κ2) is 6.39. The average Bonchev–Trinajstić information content (AvgIpc) is 3.27. The van der Waals surface area contributed by atoms with Gasteiger partial charge in [-0.15, -0.1) is 0 Å². The van der Waals surface area contributed by atoms with E-state index in [4.69, 9.17) is 4.98 Å². The van der Waals surface area contributed by atoms with Crippen molar-refractivity contribution in [2.75, 3.05) is 0 Å². The predicted octanol–water partition coefficient (Wildman–Crippen LogP) is 2.80. The lowest BCUT2D eigenvalue weighted by atomic mass is 9.93. The number of aromatic nitrogens is 6. The lowest BCUT2D eigenvalue weighted by molar-refractivity contribution is 0.111. The summed E-state index contributed by atoms with van der Waals surface area (Å²) in [4.78, 5) is 14.0. The van der Waals surface area contributed by atoms with Gasteiger partial charge in [-0.05, 0) is 44.7 Å². The monoisotopic (exact) mass is 373 g/mol. The van der Waals surface area contributed by atoms with Gasteiger partial charge in [0.25, 0.3) is 0 Å². The van der Waals surface area contributed by atoms with Gasteiger partial charge in [0.05, 0.1) is 41.2 Å². The number of fused-ring (bicyclic) bond motifs is 2. The summed E-state index contributed by atoms with van der Waals surface area (Å²) in [5.41, 5.74) is 3.71. The number of imidazole rings is 1. The number of rotatable bonds is 2. The highest BCUT2D eigenvalue weighted by atomic mass is 16.3. The molecule has 8 nitrogen and oxygen atoms in total. The largest absolute Gasteiger partial charge is 0.393 e. The zero-order chi connectivity index (χ0) is 19.3. The van der Waals surface area contributed by atoms with Crippen molar-refractivity contribution in [3.63, 3.8) is 0 Å². The third-order valence-corrected chi connectivity index (χ3v) is 5.53. The topological polar surface area (TPSA) is 105 Å². The van der Waals surface area contributed by atoms with Crippen molar-refractivity contribution in [1.82, 2.24) is 29.1 Å². The molecule has 1 N–H and O–H groups in total. The molecule has 4 heterocycles. The first-order valence-corrected chi connectivity index (χ1v) is 9.41. The van der Waals surface area contributed by atoms with E-state index >= 15 is 0 Å².